The van der Waals surface area contributed by atoms with Gasteiger partial charge in [-0.3, -0.25) is 0 Å². The van der Waals surface area contributed by atoms with E-state index in [0.29, 0.717) is 15.2 Å². The molecule has 7 heteroatoms. The van der Waals surface area contributed by atoms with E-state index in [2.05, 4.69) is 20.9 Å². The maximum Gasteiger partial charge on any atom is 0.338 e. The highest BCUT2D eigenvalue weighted by Gasteiger charge is 2.14. The molecule has 2 aromatic rings. The van der Waals surface area contributed by atoms with E-state index in [1.54, 1.807) is 18.2 Å². The van der Waals surface area contributed by atoms with E-state index in [4.69, 9.17) is 27.2 Å². The molecule has 1 aromatic heterocycles. The van der Waals surface area contributed by atoms with Crippen LogP contribution in [-0.4, -0.2) is 16.1 Å². The Morgan fingerprint density at radius 2 is 2.16 bits per heavy atom. The van der Waals surface area contributed by atoms with Crippen molar-refractivity contribution in [2.45, 2.75) is 0 Å². The topological polar surface area (TPSA) is 85.4 Å². The fourth-order valence-electron chi connectivity index (χ4n) is 1.38. The van der Waals surface area contributed by atoms with Crippen molar-refractivity contribution in [2.75, 3.05) is 5.73 Å². The number of hydrogen-bond donors (Lipinski definition) is 2. The summed E-state index contributed by atoms with van der Waals surface area (Å²) in [5.74, 6) is -0.672. The number of benzene rings is 1. The fourth-order valence-corrected chi connectivity index (χ4v) is 2.15. The SMILES string of the molecule is Nc1c(C(=O)O)ccnc1Oc1ccc(Cl)cc1Br. The molecule has 1 aromatic carbocycles. The van der Waals surface area contributed by atoms with Crippen LogP contribution in [0.4, 0.5) is 5.69 Å². The molecule has 0 aliphatic carbocycles. The van der Waals surface area contributed by atoms with Gasteiger partial charge in [-0.05, 0) is 40.2 Å². The third kappa shape index (κ3) is 2.97. The predicted molar refractivity (Wildman–Crippen MR) is 74.8 cm³/mol. The number of nitrogens with zero attached hydrogens (tertiary/aromatic N) is 1. The largest absolute Gasteiger partial charge is 0.478 e. The maximum absolute atomic E-state index is 10.9. The molecule has 0 unspecified atom stereocenters. The Morgan fingerprint density at radius 1 is 1.42 bits per heavy atom. The Bertz CT molecular complexity index is 649. The van der Waals surface area contributed by atoms with E-state index in [1.165, 1.54) is 12.3 Å². The van der Waals surface area contributed by atoms with Crippen molar-refractivity contribution in [3.63, 3.8) is 0 Å². The number of ether oxygens (including phenoxy) is 1. The van der Waals surface area contributed by atoms with Crippen LogP contribution in [0.5, 0.6) is 11.6 Å². The average Bonchev–Trinajstić information content (AvgIpc) is 2.34. The summed E-state index contributed by atoms with van der Waals surface area (Å²) in [6.45, 7) is 0. The van der Waals surface area contributed by atoms with Gasteiger partial charge >= 0.3 is 5.97 Å². The maximum atomic E-state index is 10.9. The molecule has 0 aliphatic heterocycles. The minimum atomic E-state index is -1.14. The lowest BCUT2D eigenvalue weighted by molar-refractivity contribution is 0.0697. The van der Waals surface area contributed by atoms with Crippen molar-refractivity contribution in [1.82, 2.24) is 4.98 Å². The van der Waals surface area contributed by atoms with Crippen molar-refractivity contribution in [2.24, 2.45) is 0 Å². The number of anilines is 1. The van der Waals surface area contributed by atoms with Crippen molar-refractivity contribution in [1.29, 1.82) is 0 Å². The summed E-state index contributed by atoms with van der Waals surface area (Å²) in [6.07, 6.45) is 1.32. The highest BCUT2D eigenvalue weighted by atomic mass is 79.9. The van der Waals surface area contributed by atoms with E-state index in [9.17, 15) is 4.79 Å². The molecule has 0 radical (unpaired) electrons. The Kier molecular flexibility index (Phi) is 3.92. The van der Waals surface area contributed by atoms with Crippen molar-refractivity contribution in [3.05, 3.63) is 45.5 Å². The van der Waals surface area contributed by atoms with Gasteiger partial charge in [0.1, 0.15) is 11.4 Å². The standard InChI is InChI=1S/C12H8BrClN2O3/c13-8-5-6(14)1-2-9(8)19-11-10(15)7(12(17)18)3-4-16-11/h1-5H,15H2,(H,17,18). The van der Waals surface area contributed by atoms with Crippen LogP contribution in [0.3, 0.4) is 0 Å². The van der Waals surface area contributed by atoms with Gasteiger partial charge in [-0.1, -0.05) is 11.6 Å². The second-order valence-corrected chi connectivity index (χ2v) is 4.85. The van der Waals surface area contributed by atoms with Gasteiger partial charge in [0.15, 0.2) is 0 Å². The number of aromatic nitrogens is 1. The molecule has 0 amide bonds. The van der Waals surface area contributed by atoms with Crippen molar-refractivity contribution in [3.8, 4) is 11.6 Å². The molecular formula is C12H8BrClN2O3. The lowest BCUT2D eigenvalue weighted by Crippen LogP contribution is -2.05. The van der Waals surface area contributed by atoms with E-state index in [1.807, 2.05) is 0 Å². The summed E-state index contributed by atoms with van der Waals surface area (Å²) in [4.78, 5) is 14.9. The summed E-state index contributed by atoms with van der Waals surface area (Å²) in [7, 11) is 0. The van der Waals surface area contributed by atoms with Gasteiger partial charge in [0, 0.05) is 11.2 Å². The van der Waals surface area contributed by atoms with Crippen LogP contribution >= 0.6 is 27.5 Å². The number of halogens is 2. The second kappa shape index (κ2) is 5.46. The zero-order chi connectivity index (χ0) is 14.0. The normalized spacial score (nSPS) is 10.2. The van der Waals surface area contributed by atoms with E-state index in [0.717, 1.165) is 0 Å². The molecule has 5 nitrogen and oxygen atoms in total. The van der Waals surface area contributed by atoms with Crippen LogP contribution < -0.4 is 10.5 Å². The molecule has 0 saturated carbocycles. The molecule has 19 heavy (non-hydrogen) atoms. The highest BCUT2D eigenvalue weighted by molar-refractivity contribution is 9.10. The summed E-state index contributed by atoms with van der Waals surface area (Å²) in [6, 6.07) is 6.22. The van der Waals surface area contributed by atoms with Crippen LogP contribution in [0.2, 0.25) is 5.02 Å². The Hall–Kier alpha value is -1.79. The molecule has 0 fully saturated rings. The molecule has 0 aliphatic rings. The third-order valence-electron chi connectivity index (χ3n) is 2.28. The molecule has 1 heterocycles. The molecule has 0 saturated heterocycles. The first-order valence-electron chi connectivity index (χ1n) is 5.09. The molecular weight excluding hydrogens is 335 g/mol. The number of rotatable bonds is 3. The molecule has 0 atom stereocenters. The van der Waals surface area contributed by atoms with Gasteiger partial charge < -0.3 is 15.6 Å². The third-order valence-corrected chi connectivity index (χ3v) is 3.14. The van der Waals surface area contributed by atoms with E-state index in [-0.39, 0.29) is 17.1 Å². The summed E-state index contributed by atoms with van der Waals surface area (Å²) < 4.78 is 6.09. The number of pyridine rings is 1. The second-order valence-electron chi connectivity index (χ2n) is 3.56. The zero-order valence-electron chi connectivity index (χ0n) is 9.43. The number of nitrogens with two attached hydrogens (primary N) is 1. The monoisotopic (exact) mass is 342 g/mol. The Morgan fingerprint density at radius 3 is 2.79 bits per heavy atom. The van der Waals surface area contributed by atoms with Crippen molar-refractivity contribution >= 4 is 39.2 Å². The summed E-state index contributed by atoms with van der Waals surface area (Å²) >= 11 is 9.10. The highest BCUT2D eigenvalue weighted by Crippen LogP contribution is 2.34. The minimum Gasteiger partial charge on any atom is -0.478 e. The average molecular weight is 344 g/mol. The molecule has 0 bridgehead atoms. The Labute approximate surface area is 122 Å². The van der Waals surface area contributed by atoms with Crippen LogP contribution in [0.1, 0.15) is 10.4 Å². The number of carboxylic acid groups (broad SMARTS) is 1. The van der Waals surface area contributed by atoms with Crippen LogP contribution in [0.25, 0.3) is 0 Å². The number of carboxylic acids is 1. The molecule has 3 N–H and O–H groups in total. The van der Waals surface area contributed by atoms with Crippen molar-refractivity contribution < 1.29 is 14.6 Å². The fraction of sp³-hybridized carbons (Fsp3) is 0. The van der Waals surface area contributed by atoms with Crippen LogP contribution in [-0.2, 0) is 0 Å². The van der Waals surface area contributed by atoms with Gasteiger partial charge in [-0.2, -0.15) is 0 Å². The van der Waals surface area contributed by atoms with Gasteiger partial charge in [0.25, 0.3) is 0 Å². The lowest BCUT2D eigenvalue weighted by Gasteiger charge is -2.10. The first kappa shape index (κ1) is 13.6. The molecule has 0 spiro atoms. The van der Waals surface area contributed by atoms with E-state index < -0.39 is 5.97 Å². The van der Waals surface area contributed by atoms with Gasteiger partial charge in [0.05, 0.1) is 10.0 Å². The van der Waals surface area contributed by atoms with Gasteiger partial charge in [0.2, 0.25) is 5.88 Å². The summed E-state index contributed by atoms with van der Waals surface area (Å²) in [5, 5.41) is 9.50. The smallest absolute Gasteiger partial charge is 0.338 e. The predicted octanol–water partition coefficient (Wildman–Crippen LogP) is 3.57. The van der Waals surface area contributed by atoms with E-state index >= 15 is 0 Å². The zero-order valence-corrected chi connectivity index (χ0v) is 11.8. The first-order valence-corrected chi connectivity index (χ1v) is 6.27. The van der Waals surface area contributed by atoms with Gasteiger partial charge in [-0.25, -0.2) is 9.78 Å². The minimum absolute atomic E-state index is 0.0305. The van der Waals surface area contributed by atoms with Gasteiger partial charge in [-0.15, -0.1) is 0 Å². The first-order chi connectivity index (χ1) is 8.99. The number of carbonyl (C=O) groups is 1. The number of aromatic carboxylic acids is 1. The van der Waals surface area contributed by atoms with Crippen LogP contribution in [0, 0.1) is 0 Å². The quantitative estimate of drug-likeness (QED) is 0.890. The molecule has 2 rings (SSSR count). The Balaban J connectivity index is 2.38. The van der Waals surface area contributed by atoms with Crippen LogP contribution in [0.15, 0.2) is 34.9 Å². The number of nitrogen functional groups attached to an aromatic ring is 1. The number of hydrogen-bond acceptors (Lipinski definition) is 4. The summed E-state index contributed by atoms with van der Waals surface area (Å²) in [5.41, 5.74) is 5.61. The lowest BCUT2D eigenvalue weighted by atomic mass is 10.2. The molecule has 98 valence electrons.